The fourth-order valence-corrected chi connectivity index (χ4v) is 11.7. The van der Waals surface area contributed by atoms with E-state index >= 15 is 0 Å². The molecular weight excluding hydrogens is 993 g/mol. The highest BCUT2D eigenvalue weighted by Crippen LogP contribution is 2.43. The van der Waals surface area contributed by atoms with Crippen molar-refractivity contribution in [2.24, 2.45) is 0 Å². The van der Waals surface area contributed by atoms with Crippen molar-refractivity contribution in [1.82, 2.24) is 19.9 Å². The molecule has 0 spiro atoms. The molecule has 6 N–H and O–H groups in total. The normalized spacial score (nSPS) is 16.4. The molecule has 4 aliphatic heterocycles. The van der Waals surface area contributed by atoms with Gasteiger partial charge in [-0.15, -0.1) is 0 Å². The number of amides is 4. The summed E-state index contributed by atoms with van der Waals surface area (Å²) >= 11 is 0. The van der Waals surface area contributed by atoms with Crippen LogP contribution in [0.25, 0.3) is 90.9 Å². The molecular formula is C68H70N8O4. The fourth-order valence-electron chi connectivity index (χ4n) is 11.7. The van der Waals surface area contributed by atoms with Gasteiger partial charge in [0.1, 0.15) is 0 Å². The van der Waals surface area contributed by atoms with E-state index in [1.165, 1.54) is 0 Å². The van der Waals surface area contributed by atoms with Gasteiger partial charge < -0.3 is 31.2 Å². The molecule has 80 heavy (non-hydrogen) atoms. The lowest BCUT2D eigenvalue weighted by Crippen LogP contribution is -2.12. The fraction of sp³-hybridized carbons (Fsp3) is 0.294. The highest BCUT2D eigenvalue weighted by molar-refractivity contribution is 6.07. The van der Waals surface area contributed by atoms with Crippen molar-refractivity contribution in [3.63, 3.8) is 0 Å². The summed E-state index contributed by atoms with van der Waals surface area (Å²) in [4.78, 5) is 74.6. The number of para-hydroxylation sites is 4. The predicted molar refractivity (Wildman–Crippen MR) is 327 cm³/mol. The van der Waals surface area contributed by atoms with Gasteiger partial charge in [0.05, 0.1) is 22.8 Å². The van der Waals surface area contributed by atoms with Crippen LogP contribution in [0.5, 0.6) is 0 Å². The second-order valence-corrected chi connectivity index (χ2v) is 21.5. The van der Waals surface area contributed by atoms with E-state index < -0.39 is 0 Å². The summed E-state index contributed by atoms with van der Waals surface area (Å²) in [5, 5.41) is 13.2. The van der Waals surface area contributed by atoms with Crippen molar-refractivity contribution < 1.29 is 19.2 Å². The van der Waals surface area contributed by atoms with Crippen LogP contribution in [-0.2, 0) is 19.2 Å². The van der Waals surface area contributed by atoms with Gasteiger partial charge in [-0.2, -0.15) is 0 Å². The molecule has 12 heteroatoms. The summed E-state index contributed by atoms with van der Waals surface area (Å²) in [6.07, 6.45) is 25.1. The third-order valence-electron chi connectivity index (χ3n) is 15.8. The Morgan fingerprint density at radius 3 is 0.713 bits per heavy atom. The van der Waals surface area contributed by atoms with Crippen LogP contribution in [0.3, 0.4) is 0 Å². The van der Waals surface area contributed by atoms with Crippen LogP contribution < -0.4 is 21.3 Å². The Hall–Kier alpha value is -8.64. The van der Waals surface area contributed by atoms with Gasteiger partial charge in [-0.05, 0) is 98.5 Å². The number of hydrogen-bond donors (Lipinski definition) is 6. The van der Waals surface area contributed by atoms with Gasteiger partial charge >= 0.3 is 0 Å². The Balaban J connectivity index is 1.24. The van der Waals surface area contributed by atoms with Gasteiger partial charge in [0.15, 0.2) is 0 Å². The number of H-pyrrole nitrogens is 2. The van der Waals surface area contributed by atoms with E-state index in [-0.39, 0.29) is 23.6 Å². The Morgan fingerprint density at radius 1 is 0.263 bits per heavy atom. The summed E-state index contributed by atoms with van der Waals surface area (Å²) in [6.45, 7) is 0. The Labute approximate surface area is 468 Å². The van der Waals surface area contributed by atoms with E-state index in [9.17, 15) is 19.2 Å². The van der Waals surface area contributed by atoms with Crippen LogP contribution in [0.4, 0.5) is 22.7 Å². The van der Waals surface area contributed by atoms with Crippen LogP contribution in [0.2, 0.25) is 0 Å². The minimum absolute atomic E-state index is 0.0551. The maximum atomic E-state index is 14.0. The first-order valence-electron chi connectivity index (χ1n) is 29.1. The molecule has 4 aliphatic rings. The average molecular weight is 1060 g/mol. The first-order chi connectivity index (χ1) is 39.3. The molecule has 406 valence electrons. The maximum Gasteiger partial charge on any atom is 0.224 e. The largest absolute Gasteiger partial charge is 0.354 e. The standard InChI is InChI=1S/C68H70N8O4/c77-61-33-13-9-5-1-2-6-10-14-34-62(78)74-50-30-22-18-26-46(50)66-55-41-43-59(71-55)67-47-27-19-23-31-51(47)75-63(79)35-15-11-7-3-4-8-12-16-36-64(80)76-52-32-24-20-28-48(52)68(60-44-42-56(66)72-60)58-40-38-54(70-58)65(53-37-39-57(67)69-53)45-25-17-21-29-49(45)73-61/h17-32,37-44,69,72H,1-16,33-36H2,(H,73,77)(H,74,78)(H,75,79)(H,76,80). The van der Waals surface area contributed by atoms with E-state index in [2.05, 4.69) is 31.2 Å². The second-order valence-electron chi connectivity index (χ2n) is 21.5. The minimum atomic E-state index is -0.0551. The minimum Gasteiger partial charge on any atom is -0.354 e. The van der Waals surface area contributed by atoms with Crippen molar-refractivity contribution in [1.29, 1.82) is 0 Å². The number of carbonyl (C=O) groups excluding carboxylic acids is 4. The molecule has 0 atom stereocenters. The Kier molecular flexibility index (Phi) is 17.0. The zero-order chi connectivity index (χ0) is 54.6. The molecule has 0 radical (unpaired) electrons. The SMILES string of the molecule is O=C1CCCCCCCCCCC(=O)Nc2ccccc2-c2c3nc(c4c5ccc([nH]5)c(c5nc(c(c6ccc2[nH]6)-c2ccccc2NC(=O)CCCCCCCCCCC(=O)Nc2ccccc2-4)C=C5)-c2ccccc2N1)C=C3. The summed E-state index contributed by atoms with van der Waals surface area (Å²) in [5.74, 6) is -0.221. The molecule has 7 heterocycles. The topological polar surface area (TPSA) is 174 Å². The molecule has 4 amide bonds. The molecule has 7 aromatic rings. The number of hydrogen-bond acceptors (Lipinski definition) is 6. The van der Waals surface area contributed by atoms with E-state index in [1.54, 1.807) is 0 Å². The van der Waals surface area contributed by atoms with Crippen molar-refractivity contribution in [3.05, 3.63) is 144 Å². The first-order valence-corrected chi connectivity index (χ1v) is 29.1. The number of anilines is 4. The van der Waals surface area contributed by atoms with Crippen LogP contribution >= 0.6 is 0 Å². The van der Waals surface area contributed by atoms with Gasteiger partial charge in [-0.1, -0.05) is 150 Å². The molecule has 3 aromatic heterocycles. The van der Waals surface area contributed by atoms with Gasteiger partial charge in [0.2, 0.25) is 23.6 Å². The van der Waals surface area contributed by atoms with Gasteiger partial charge in [0, 0.05) is 115 Å². The average Bonchev–Trinajstić information content (AvgIpc) is 4.37. The quantitative estimate of drug-likeness (QED) is 0.0882. The van der Waals surface area contributed by atoms with Crippen molar-refractivity contribution >= 4 is 92.7 Å². The number of aromatic amines is 2. The third kappa shape index (κ3) is 12.4. The molecule has 0 fully saturated rings. The molecule has 4 aromatic carbocycles. The van der Waals surface area contributed by atoms with Crippen LogP contribution in [-0.4, -0.2) is 43.6 Å². The molecule has 0 unspecified atom stereocenters. The summed E-state index contributed by atoms with van der Waals surface area (Å²) in [7, 11) is 0. The number of carbonyl (C=O) groups is 4. The van der Waals surface area contributed by atoms with Gasteiger partial charge in [-0.3, -0.25) is 19.2 Å². The van der Waals surface area contributed by atoms with Crippen LogP contribution in [0.15, 0.2) is 121 Å². The van der Waals surface area contributed by atoms with E-state index in [0.29, 0.717) is 71.2 Å². The second kappa shape index (κ2) is 25.4. The van der Waals surface area contributed by atoms with Gasteiger partial charge in [0.25, 0.3) is 0 Å². The third-order valence-corrected chi connectivity index (χ3v) is 15.8. The zero-order valence-electron chi connectivity index (χ0n) is 45.5. The molecule has 0 saturated carbocycles. The molecule has 12 nitrogen and oxygen atoms in total. The maximum absolute atomic E-state index is 14.0. The van der Waals surface area contributed by atoms with E-state index in [0.717, 1.165) is 169 Å². The molecule has 11 rings (SSSR count). The van der Waals surface area contributed by atoms with E-state index in [4.69, 9.17) is 9.97 Å². The lowest BCUT2D eigenvalue weighted by molar-refractivity contribution is -0.117. The van der Waals surface area contributed by atoms with Crippen molar-refractivity contribution in [2.75, 3.05) is 21.3 Å². The highest BCUT2D eigenvalue weighted by Gasteiger charge is 2.24. The summed E-state index contributed by atoms with van der Waals surface area (Å²) in [6, 6.07) is 39.8. The van der Waals surface area contributed by atoms with Crippen LogP contribution in [0, 0.1) is 0 Å². The zero-order valence-corrected chi connectivity index (χ0v) is 45.5. The number of benzene rings is 4. The van der Waals surface area contributed by atoms with Crippen LogP contribution in [0.1, 0.15) is 151 Å². The predicted octanol–water partition coefficient (Wildman–Crippen LogP) is 16.9. The Morgan fingerprint density at radius 2 is 0.475 bits per heavy atom. The number of aromatic nitrogens is 4. The number of fused-ring (bicyclic) bond motifs is 10. The lowest BCUT2D eigenvalue weighted by atomic mass is 10.0. The summed E-state index contributed by atoms with van der Waals surface area (Å²) < 4.78 is 0. The van der Waals surface area contributed by atoms with E-state index in [1.807, 2.05) is 146 Å². The van der Waals surface area contributed by atoms with Gasteiger partial charge in [-0.25, -0.2) is 9.97 Å². The summed E-state index contributed by atoms with van der Waals surface area (Å²) in [5.41, 5.74) is 14.4. The molecule has 0 saturated heterocycles. The first kappa shape index (κ1) is 53.4. The van der Waals surface area contributed by atoms with Crippen molar-refractivity contribution in [3.8, 4) is 44.5 Å². The van der Waals surface area contributed by atoms with Crippen molar-refractivity contribution in [2.45, 2.75) is 128 Å². The highest BCUT2D eigenvalue weighted by atomic mass is 16.2. The lowest BCUT2D eigenvalue weighted by Gasteiger charge is -2.14. The number of rotatable bonds is 0. The molecule has 0 aliphatic carbocycles. The Bertz CT molecular complexity index is 3230. The monoisotopic (exact) mass is 1060 g/mol. The number of nitrogens with one attached hydrogen (secondary N) is 6. The smallest absolute Gasteiger partial charge is 0.224 e. The molecule has 12 bridgehead atoms. The number of nitrogens with zero attached hydrogens (tertiary/aromatic N) is 2.